The third kappa shape index (κ3) is 3.24. The highest BCUT2D eigenvalue weighted by Crippen LogP contribution is 2.39. The quantitative estimate of drug-likeness (QED) is 0.560. The zero-order valence-electron chi connectivity index (χ0n) is 12.6. The smallest absolute Gasteiger partial charge is 0.00159 e. The first kappa shape index (κ1) is 14.5. The van der Waals surface area contributed by atoms with Gasteiger partial charge in [0, 0.05) is 0 Å². The maximum Gasteiger partial charge on any atom is -0.00159 e. The molecule has 1 aliphatic rings. The summed E-state index contributed by atoms with van der Waals surface area (Å²) in [5.74, 6) is 2.93. The first-order valence-electron chi connectivity index (χ1n) is 7.48. The van der Waals surface area contributed by atoms with Crippen molar-refractivity contribution in [2.45, 2.75) is 60.8 Å². The minimum atomic E-state index is 0.688. The summed E-state index contributed by atoms with van der Waals surface area (Å²) in [7, 11) is 0. The Morgan fingerprint density at radius 1 is 0.824 bits per heavy atom. The Balaban J connectivity index is 2.95. The largest absolute Gasteiger partial charge is 0.0736 e. The van der Waals surface area contributed by atoms with Gasteiger partial charge in [0.1, 0.15) is 0 Å². The molecule has 3 atom stereocenters. The predicted octanol–water partition coefficient (Wildman–Crippen LogP) is 5.61. The Kier molecular flexibility index (Phi) is 5.49. The minimum Gasteiger partial charge on any atom is -0.0736 e. The van der Waals surface area contributed by atoms with Gasteiger partial charge in [0.2, 0.25) is 0 Å². The highest BCUT2D eigenvalue weighted by molar-refractivity contribution is 5.42. The van der Waals surface area contributed by atoms with E-state index in [2.05, 4.69) is 53.7 Å². The molecule has 0 nitrogen and oxygen atoms in total. The van der Waals surface area contributed by atoms with Gasteiger partial charge in [-0.2, -0.15) is 0 Å². The lowest BCUT2D eigenvalue weighted by Crippen LogP contribution is -2.05. The van der Waals surface area contributed by atoms with Crippen LogP contribution in [0.25, 0.3) is 0 Å². The molecule has 0 aliphatic heterocycles. The van der Waals surface area contributed by atoms with Gasteiger partial charge >= 0.3 is 0 Å². The number of hydrogen-bond acceptors (Lipinski definition) is 0. The average molecular weight is 234 g/mol. The molecule has 1 rings (SSSR count). The van der Waals surface area contributed by atoms with Crippen molar-refractivity contribution in [2.75, 3.05) is 0 Å². The molecule has 0 aromatic rings. The summed E-state index contributed by atoms with van der Waals surface area (Å²) >= 11 is 0. The lowest BCUT2D eigenvalue weighted by molar-refractivity contribution is 0.483. The van der Waals surface area contributed by atoms with E-state index in [9.17, 15) is 0 Å². The molecule has 0 N–H and O–H groups in total. The van der Waals surface area contributed by atoms with Crippen LogP contribution in [0.1, 0.15) is 60.8 Å². The monoisotopic (exact) mass is 234 g/mol. The molecule has 0 aromatic carbocycles. The average Bonchev–Trinajstić information content (AvgIpc) is 2.80. The molecule has 0 spiro atoms. The van der Waals surface area contributed by atoms with Crippen molar-refractivity contribution in [2.24, 2.45) is 23.7 Å². The van der Waals surface area contributed by atoms with Gasteiger partial charge < -0.3 is 0 Å². The number of rotatable bonds is 6. The summed E-state index contributed by atoms with van der Waals surface area (Å²) in [6.07, 6.45) is 8.91. The van der Waals surface area contributed by atoms with Crippen LogP contribution < -0.4 is 0 Å². The second-order valence-electron chi connectivity index (χ2n) is 5.83. The van der Waals surface area contributed by atoms with Crippen LogP contribution >= 0.6 is 0 Å². The topological polar surface area (TPSA) is 0 Å². The molecule has 0 heterocycles. The summed E-state index contributed by atoms with van der Waals surface area (Å²) in [6.45, 7) is 14.0. The maximum atomic E-state index is 2.56. The van der Waals surface area contributed by atoms with Crippen LogP contribution in [0, 0.1) is 23.7 Å². The lowest BCUT2D eigenvalue weighted by Gasteiger charge is -2.19. The normalized spacial score (nSPS) is 25.2. The van der Waals surface area contributed by atoms with E-state index in [0.29, 0.717) is 5.92 Å². The van der Waals surface area contributed by atoms with Gasteiger partial charge in [0.15, 0.2) is 0 Å². The molecule has 0 saturated carbocycles. The molecule has 0 aromatic heterocycles. The van der Waals surface area contributed by atoms with Crippen molar-refractivity contribution in [3.63, 3.8) is 0 Å². The molecular formula is C17H30. The van der Waals surface area contributed by atoms with E-state index in [0.717, 1.165) is 17.8 Å². The summed E-state index contributed by atoms with van der Waals surface area (Å²) in [5, 5.41) is 0. The SMILES string of the molecule is CCC(C)C1=CC(C(C)CC)C=C1C(C)CC. The summed E-state index contributed by atoms with van der Waals surface area (Å²) in [6, 6.07) is 0. The van der Waals surface area contributed by atoms with Gasteiger partial charge in [0.25, 0.3) is 0 Å². The van der Waals surface area contributed by atoms with Crippen molar-refractivity contribution in [1.29, 1.82) is 0 Å². The van der Waals surface area contributed by atoms with Gasteiger partial charge in [0.05, 0.1) is 0 Å². The molecular weight excluding hydrogens is 204 g/mol. The summed E-state index contributed by atoms with van der Waals surface area (Å²) in [5.41, 5.74) is 3.29. The zero-order chi connectivity index (χ0) is 13.0. The molecule has 98 valence electrons. The van der Waals surface area contributed by atoms with Gasteiger partial charge in [-0.15, -0.1) is 0 Å². The molecule has 0 saturated heterocycles. The van der Waals surface area contributed by atoms with Crippen molar-refractivity contribution >= 4 is 0 Å². The van der Waals surface area contributed by atoms with Crippen molar-refractivity contribution in [3.05, 3.63) is 23.3 Å². The van der Waals surface area contributed by atoms with Crippen LogP contribution in [-0.2, 0) is 0 Å². The molecule has 17 heavy (non-hydrogen) atoms. The Morgan fingerprint density at radius 2 is 1.24 bits per heavy atom. The molecule has 3 unspecified atom stereocenters. The molecule has 0 amide bonds. The van der Waals surface area contributed by atoms with E-state index in [1.807, 2.05) is 0 Å². The molecule has 0 heteroatoms. The molecule has 0 bridgehead atoms. The second-order valence-corrected chi connectivity index (χ2v) is 5.83. The van der Waals surface area contributed by atoms with Crippen molar-refractivity contribution in [3.8, 4) is 0 Å². The minimum absolute atomic E-state index is 0.688. The Hall–Kier alpha value is -0.520. The van der Waals surface area contributed by atoms with Crippen LogP contribution in [0.2, 0.25) is 0 Å². The molecule has 0 radical (unpaired) electrons. The van der Waals surface area contributed by atoms with E-state index in [1.54, 1.807) is 11.1 Å². The van der Waals surface area contributed by atoms with Crippen molar-refractivity contribution < 1.29 is 0 Å². The van der Waals surface area contributed by atoms with Crippen molar-refractivity contribution in [1.82, 2.24) is 0 Å². The zero-order valence-corrected chi connectivity index (χ0v) is 12.6. The van der Waals surface area contributed by atoms with Crippen LogP contribution in [0.5, 0.6) is 0 Å². The van der Waals surface area contributed by atoms with Crippen LogP contribution in [0.3, 0.4) is 0 Å². The van der Waals surface area contributed by atoms with E-state index >= 15 is 0 Å². The van der Waals surface area contributed by atoms with E-state index < -0.39 is 0 Å². The van der Waals surface area contributed by atoms with Crippen LogP contribution in [0.4, 0.5) is 0 Å². The fraction of sp³-hybridized carbons (Fsp3) is 0.765. The first-order valence-corrected chi connectivity index (χ1v) is 7.48. The fourth-order valence-corrected chi connectivity index (χ4v) is 2.59. The highest BCUT2D eigenvalue weighted by Gasteiger charge is 2.25. The van der Waals surface area contributed by atoms with E-state index in [-0.39, 0.29) is 0 Å². The lowest BCUT2D eigenvalue weighted by atomic mass is 9.86. The van der Waals surface area contributed by atoms with Gasteiger partial charge in [-0.05, 0) is 47.7 Å². The predicted molar refractivity (Wildman–Crippen MR) is 78.0 cm³/mol. The number of hydrogen-bond donors (Lipinski definition) is 0. The van der Waals surface area contributed by atoms with Gasteiger partial charge in [-0.3, -0.25) is 0 Å². The Morgan fingerprint density at radius 3 is 1.53 bits per heavy atom. The standard InChI is InChI=1S/C17H30/c1-7-12(4)15-10-16(13(5)8-2)17(11-15)14(6)9-3/h10-15H,7-9H2,1-6H3. The van der Waals surface area contributed by atoms with Crippen LogP contribution in [-0.4, -0.2) is 0 Å². The maximum absolute atomic E-state index is 2.56. The Labute approximate surface area is 108 Å². The Bertz CT molecular complexity index is 269. The second kappa shape index (κ2) is 6.42. The molecule has 1 aliphatic carbocycles. The van der Waals surface area contributed by atoms with E-state index in [4.69, 9.17) is 0 Å². The fourth-order valence-electron chi connectivity index (χ4n) is 2.59. The molecule has 0 fully saturated rings. The van der Waals surface area contributed by atoms with Gasteiger partial charge in [-0.25, -0.2) is 0 Å². The third-order valence-corrected chi connectivity index (χ3v) is 4.66. The van der Waals surface area contributed by atoms with E-state index in [1.165, 1.54) is 19.3 Å². The number of allylic oxidation sites excluding steroid dienone is 4. The third-order valence-electron chi connectivity index (χ3n) is 4.66. The summed E-state index contributed by atoms with van der Waals surface area (Å²) < 4.78 is 0. The van der Waals surface area contributed by atoms with Gasteiger partial charge in [-0.1, -0.05) is 60.1 Å². The van der Waals surface area contributed by atoms with Crippen LogP contribution in [0.15, 0.2) is 23.3 Å². The summed E-state index contributed by atoms with van der Waals surface area (Å²) in [4.78, 5) is 0. The highest BCUT2D eigenvalue weighted by atomic mass is 14.3. The first-order chi connectivity index (χ1) is 8.04.